The Labute approximate surface area is 135 Å². The van der Waals surface area contributed by atoms with Crippen LogP contribution in [0.2, 0.25) is 0 Å². The van der Waals surface area contributed by atoms with Gasteiger partial charge >= 0.3 is 0 Å². The number of carbonyl (C=O) groups excluding carboxylic acids is 1. The first-order chi connectivity index (χ1) is 11.2. The van der Waals surface area contributed by atoms with Crippen LogP contribution in [0.3, 0.4) is 0 Å². The molecular formula is C16H21N5O2. The largest absolute Gasteiger partial charge is 0.375 e. The monoisotopic (exact) mass is 315 g/mol. The van der Waals surface area contributed by atoms with Crippen LogP contribution >= 0.6 is 0 Å². The van der Waals surface area contributed by atoms with Gasteiger partial charge in [-0.3, -0.25) is 9.89 Å². The smallest absolute Gasteiger partial charge is 0.249 e. The highest BCUT2D eigenvalue weighted by Gasteiger charge is 2.30. The van der Waals surface area contributed by atoms with Gasteiger partial charge in [0.15, 0.2) is 5.82 Å². The Kier molecular flexibility index (Phi) is 4.66. The summed E-state index contributed by atoms with van der Waals surface area (Å²) in [5.74, 6) is 0.684. The van der Waals surface area contributed by atoms with Crippen molar-refractivity contribution in [3.63, 3.8) is 0 Å². The Morgan fingerprint density at radius 1 is 1.43 bits per heavy atom. The maximum atomic E-state index is 12.3. The van der Waals surface area contributed by atoms with Gasteiger partial charge in [-0.25, -0.2) is 9.97 Å². The summed E-state index contributed by atoms with van der Waals surface area (Å²) in [5.41, 5.74) is 2.53. The molecule has 0 aliphatic carbocycles. The number of hydrogen-bond donors (Lipinski definition) is 1. The van der Waals surface area contributed by atoms with E-state index in [9.17, 15) is 4.79 Å². The van der Waals surface area contributed by atoms with E-state index in [1.165, 1.54) is 7.11 Å². The molecule has 0 spiro atoms. The van der Waals surface area contributed by atoms with Gasteiger partial charge in [0.1, 0.15) is 6.61 Å². The van der Waals surface area contributed by atoms with Crippen LogP contribution in [-0.2, 0) is 9.53 Å². The molecule has 0 bridgehead atoms. The highest BCUT2D eigenvalue weighted by molar-refractivity contribution is 5.78. The predicted molar refractivity (Wildman–Crippen MR) is 84.5 cm³/mol. The van der Waals surface area contributed by atoms with Gasteiger partial charge in [0.2, 0.25) is 5.91 Å². The van der Waals surface area contributed by atoms with Gasteiger partial charge in [0, 0.05) is 25.5 Å². The normalized spacial score (nSPS) is 18.2. The summed E-state index contributed by atoms with van der Waals surface area (Å²) >= 11 is 0. The molecule has 3 heterocycles. The zero-order valence-corrected chi connectivity index (χ0v) is 13.5. The molecule has 1 saturated heterocycles. The van der Waals surface area contributed by atoms with Crippen molar-refractivity contribution < 1.29 is 9.53 Å². The molecule has 2 aromatic rings. The van der Waals surface area contributed by atoms with Gasteiger partial charge < -0.3 is 9.64 Å². The van der Waals surface area contributed by atoms with Crippen LogP contribution in [0.25, 0.3) is 11.4 Å². The van der Waals surface area contributed by atoms with Gasteiger partial charge in [-0.05, 0) is 38.3 Å². The molecule has 23 heavy (non-hydrogen) atoms. The Bertz CT molecular complexity index is 671. The summed E-state index contributed by atoms with van der Waals surface area (Å²) in [6, 6.07) is 3.70. The second kappa shape index (κ2) is 6.87. The maximum Gasteiger partial charge on any atom is 0.249 e. The van der Waals surface area contributed by atoms with Crippen molar-refractivity contribution in [2.75, 3.05) is 20.3 Å². The van der Waals surface area contributed by atoms with E-state index in [2.05, 4.69) is 20.2 Å². The first-order valence-electron chi connectivity index (χ1n) is 7.83. The molecule has 1 aliphatic rings. The molecule has 1 N–H and O–H groups in total. The van der Waals surface area contributed by atoms with Crippen LogP contribution in [0.1, 0.15) is 36.8 Å². The summed E-state index contributed by atoms with van der Waals surface area (Å²) in [6.45, 7) is 2.76. The molecule has 1 atom stereocenters. The number of H-pyrrole nitrogens is 1. The van der Waals surface area contributed by atoms with Gasteiger partial charge in [-0.2, -0.15) is 5.10 Å². The molecule has 2 aromatic heterocycles. The molecule has 122 valence electrons. The maximum absolute atomic E-state index is 12.3. The Hall–Kier alpha value is -2.28. The highest BCUT2D eigenvalue weighted by atomic mass is 16.5. The molecule has 3 rings (SSSR count). The van der Waals surface area contributed by atoms with Crippen molar-refractivity contribution in [3.8, 4) is 11.4 Å². The van der Waals surface area contributed by atoms with E-state index in [1.807, 2.05) is 24.0 Å². The van der Waals surface area contributed by atoms with E-state index >= 15 is 0 Å². The van der Waals surface area contributed by atoms with Crippen LogP contribution in [0.5, 0.6) is 0 Å². The van der Waals surface area contributed by atoms with Crippen molar-refractivity contribution in [1.82, 2.24) is 25.1 Å². The SMILES string of the molecule is COCC(=O)N1CCCCC1c1nc(C)cc(-c2ccn[nH]2)n1. The Morgan fingerprint density at radius 3 is 3.04 bits per heavy atom. The topological polar surface area (TPSA) is 84.0 Å². The Morgan fingerprint density at radius 2 is 2.30 bits per heavy atom. The van der Waals surface area contributed by atoms with E-state index in [0.29, 0.717) is 5.82 Å². The third kappa shape index (κ3) is 3.39. The molecule has 0 saturated carbocycles. The number of ether oxygens (including phenoxy) is 1. The number of methoxy groups -OCH3 is 1. The number of aromatic amines is 1. The molecular weight excluding hydrogens is 294 g/mol. The average molecular weight is 315 g/mol. The average Bonchev–Trinajstić information content (AvgIpc) is 3.09. The number of piperidine rings is 1. The van der Waals surface area contributed by atoms with Crippen molar-refractivity contribution in [3.05, 3.63) is 29.8 Å². The van der Waals surface area contributed by atoms with E-state index in [0.717, 1.165) is 42.9 Å². The molecule has 7 heteroatoms. The van der Waals surface area contributed by atoms with Crippen LogP contribution in [-0.4, -0.2) is 51.2 Å². The summed E-state index contributed by atoms with van der Waals surface area (Å²) in [5, 5.41) is 6.90. The highest BCUT2D eigenvalue weighted by Crippen LogP contribution is 2.30. The van der Waals surface area contributed by atoms with Gasteiger partial charge in [-0.1, -0.05) is 0 Å². The quantitative estimate of drug-likeness (QED) is 0.931. The lowest BCUT2D eigenvalue weighted by Gasteiger charge is -2.34. The minimum atomic E-state index is -0.0898. The fraction of sp³-hybridized carbons (Fsp3) is 0.500. The van der Waals surface area contributed by atoms with Crippen molar-refractivity contribution in [2.45, 2.75) is 32.2 Å². The molecule has 0 aromatic carbocycles. The van der Waals surface area contributed by atoms with Gasteiger partial charge in [0.25, 0.3) is 0 Å². The lowest BCUT2D eigenvalue weighted by Crippen LogP contribution is -2.41. The number of carbonyl (C=O) groups is 1. The van der Waals surface area contributed by atoms with Crippen molar-refractivity contribution in [1.29, 1.82) is 0 Å². The van der Waals surface area contributed by atoms with Crippen molar-refractivity contribution in [2.24, 2.45) is 0 Å². The minimum Gasteiger partial charge on any atom is -0.375 e. The number of hydrogen-bond acceptors (Lipinski definition) is 5. The number of amides is 1. The number of aromatic nitrogens is 4. The number of rotatable bonds is 4. The van der Waals surface area contributed by atoms with Gasteiger partial charge in [0.05, 0.1) is 17.4 Å². The fourth-order valence-electron chi connectivity index (χ4n) is 2.98. The first-order valence-corrected chi connectivity index (χ1v) is 7.83. The summed E-state index contributed by atoms with van der Waals surface area (Å²) < 4.78 is 5.00. The van der Waals surface area contributed by atoms with E-state index in [-0.39, 0.29) is 18.6 Å². The number of aryl methyl sites for hydroxylation is 1. The molecule has 0 radical (unpaired) electrons. The number of nitrogens with zero attached hydrogens (tertiary/aromatic N) is 4. The van der Waals surface area contributed by atoms with Crippen LogP contribution < -0.4 is 0 Å². The van der Waals surface area contributed by atoms with Crippen LogP contribution in [0.15, 0.2) is 18.3 Å². The molecule has 1 amide bonds. The second-order valence-electron chi connectivity index (χ2n) is 5.75. The standard InChI is InChI=1S/C16H21N5O2/c1-11-9-13(12-6-7-17-20-12)19-16(18-11)14-5-3-4-8-21(14)15(22)10-23-2/h6-7,9,14H,3-5,8,10H2,1-2H3,(H,17,20). The van der Waals surface area contributed by atoms with Crippen molar-refractivity contribution >= 4 is 5.91 Å². The first kappa shape index (κ1) is 15.6. The third-order valence-corrected chi connectivity index (χ3v) is 4.04. The third-order valence-electron chi connectivity index (χ3n) is 4.04. The fourth-order valence-corrected chi connectivity index (χ4v) is 2.98. The van der Waals surface area contributed by atoms with Gasteiger partial charge in [-0.15, -0.1) is 0 Å². The summed E-state index contributed by atoms with van der Waals surface area (Å²) in [4.78, 5) is 23.4. The minimum absolute atomic E-state index is 0.00889. The lowest BCUT2D eigenvalue weighted by atomic mass is 10.0. The molecule has 7 nitrogen and oxygen atoms in total. The molecule has 1 fully saturated rings. The summed E-state index contributed by atoms with van der Waals surface area (Å²) in [7, 11) is 1.54. The van der Waals surface area contributed by atoms with E-state index < -0.39 is 0 Å². The van der Waals surface area contributed by atoms with Crippen LogP contribution in [0, 0.1) is 6.92 Å². The molecule has 1 unspecified atom stereocenters. The number of nitrogens with one attached hydrogen (secondary N) is 1. The second-order valence-corrected chi connectivity index (χ2v) is 5.75. The van der Waals surface area contributed by atoms with E-state index in [4.69, 9.17) is 4.74 Å². The zero-order valence-electron chi connectivity index (χ0n) is 13.5. The zero-order chi connectivity index (χ0) is 16.2. The van der Waals surface area contributed by atoms with E-state index in [1.54, 1.807) is 6.20 Å². The Balaban J connectivity index is 1.93. The number of likely N-dealkylation sites (tertiary alicyclic amines) is 1. The summed E-state index contributed by atoms with van der Waals surface area (Å²) in [6.07, 6.45) is 4.64. The predicted octanol–water partition coefficient (Wildman–Crippen LogP) is 1.88. The lowest BCUT2D eigenvalue weighted by molar-refractivity contribution is -0.139. The van der Waals surface area contributed by atoms with Crippen LogP contribution in [0.4, 0.5) is 0 Å². The molecule has 1 aliphatic heterocycles.